The van der Waals surface area contributed by atoms with Gasteiger partial charge in [0.15, 0.2) is 0 Å². The third kappa shape index (κ3) is 3.94. The zero-order valence-electron chi connectivity index (χ0n) is 10.8. The molecule has 0 saturated carbocycles. The fourth-order valence-electron chi connectivity index (χ4n) is 1.98. The summed E-state index contributed by atoms with van der Waals surface area (Å²) < 4.78 is 13.3. The van der Waals surface area contributed by atoms with Crippen LogP contribution in [0.15, 0.2) is 18.2 Å². The molecular formula is C13H16FN3O2S. The fourth-order valence-corrected chi connectivity index (χ4v) is 2.93. The van der Waals surface area contributed by atoms with E-state index in [1.54, 1.807) is 11.8 Å². The topological polar surface area (TPSA) is 84.2 Å². The number of nitrogens with two attached hydrogens (primary N) is 1. The van der Waals surface area contributed by atoms with Gasteiger partial charge >= 0.3 is 0 Å². The van der Waals surface area contributed by atoms with Gasteiger partial charge < -0.3 is 16.4 Å². The molecular weight excluding hydrogens is 281 g/mol. The molecule has 108 valence electrons. The highest BCUT2D eigenvalue weighted by atomic mass is 32.2. The van der Waals surface area contributed by atoms with Crippen molar-refractivity contribution in [3.8, 4) is 0 Å². The van der Waals surface area contributed by atoms with Crippen molar-refractivity contribution in [2.24, 2.45) is 5.73 Å². The minimum absolute atomic E-state index is 0.143. The molecule has 5 nitrogen and oxygen atoms in total. The molecule has 1 atom stereocenters. The molecule has 1 aromatic carbocycles. The van der Waals surface area contributed by atoms with E-state index in [0.717, 1.165) is 24.1 Å². The van der Waals surface area contributed by atoms with Crippen LogP contribution in [-0.4, -0.2) is 35.9 Å². The number of amides is 2. The minimum atomic E-state index is -0.857. The quantitative estimate of drug-likeness (QED) is 0.773. The summed E-state index contributed by atoms with van der Waals surface area (Å²) in [6.45, 7) is 0.894. The Morgan fingerprint density at radius 3 is 2.95 bits per heavy atom. The molecule has 0 aromatic heterocycles. The lowest BCUT2D eigenvalue weighted by atomic mass is 10.1. The second-order valence-electron chi connectivity index (χ2n) is 4.54. The third-order valence-corrected chi connectivity index (χ3v) is 4.08. The highest BCUT2D eigenvalue weighted by Gasteiger charge is 2.17. The lowest BCUT2D eigenvalue weighted by Gasteiger charge is -2.22. The summed E-state index contributed by atoms with van der Waals surface area (Å²) in [6, 6.07) is 3.91. The van der Waals surface area contributed by atoms with Crippen molar-refractivity contribution in [2.75, 3.05) is 23.4 Å². The van der Waals surface area contributed by atoms with Gasteiger partial charge in [0.25, 0.3) is 5.91 Å². The maximum absolute atomic E-state index is 13.3. The van der Waals surface area contributed by atoms with Gasteiger partial charge in [-0.1, -0.05) is 0 Å². The van der Waals surface area contributed by atoms with Crippen LogP contribution < -0.4 is 16.4 Å². The van der Waals surface area contributed by atoms with Gasteiger partial charge in [0.2, 0.25) is 5.91 Å². The highest BCUT2D eigenvalue weighted by molar-refractivity contribution is 7.99. The van der Waals surface area contributed by atoms with Gasteiger partial charge in [0, 0.05) is 36.2 Å². The number of anilines is 1. The Kier molecular flexibility index (Phi) is 4.97. The van der Waals surface area contributed by atoms with E-state index in [1.807, 2.05) is 0 Å². The summed E-state index contributed by atoms with van der Waals surface area (Å²) in [4.78, 5) is 22.9. The molecule has 0 spiro atoms. The number of carbonyl (C=O) groups is 2. The number of rotatable bonds is 4. The molecule has 4 N–H and O–H groups in total. The van der Waals surface area contributed by atoms with Crippen molar-refractivity contribution in [3.63, 3.8) is 0 Å². The van der Waals surface area contributed by atoms with E-state index >= 15 is 0 Å². The maximum Gasteiger partial charge on any atom is 0.251 e. The van der Waals surface area contributed by atoms with Crippen LogP contribution in [0.1, 0.15) is 16.8 Å². The average molecular weight is 297 g/mol. The van der Waals surface area contributed by atoms with Gasteiger partial charge in [-0.05, 0) is 18.2 Å². The van der Waals surface area contributed by atoms with Crippen molar-refractivity contribution in [2.45, 2.75) is 12.5 Å². The minimum Gasteiger partial charge on any atom is -0.366 e. The first-order valence-corrected chi connectivity index (χ1v) is 7.42. The van der Waals surface area contributed by atoms with Crippen LogP contribution in [0.25, 0.3) is 0 Å². The molecule has 0 aliphatic carbocycles. The third-order valence-electron chi connectivity index (χ3n) is 2.95. The Morgan fingerprint density at radius 2 is 2.30 bits per heavy atom. The lowest BCUT2D eigenvalue weighted by Crippen LogP contribution is -2.39. The number of hydrogen-bond donors (Lipinski definition) is 3. The molecule has 20 heavy (non-hydrogen) atoms. The molecule has 7 heteroatoms. The fraction of sp³-hybridized carbons (Fsp3) is 0.385. The van der Waals surface area contributed by atoms with Crippen LogP contribution in [0.3, 0.4) is 0 Å². The van der Waals surface area contributed by atoms with Gasteiger partial charge in [-0.25, -0.2) is 4.39 Å². The van der Waals surface area contributed by atoms with Crippen molar-refractivity contribution in [3.05, 3.63) is 29.6 Å². The number of primary amides is 1. The van der Waals surface area contributed by atoms with Crippen molar-refractivity contribution in [1.82, 2.24) is 5.32 Å². The monoisotopic (exact) mass is 297 g/mol. The average Bonchev–Trinajstić information content (AvgIpc) is 2.41. The number of hydrogen-bond acceptors (Lipinski definition) is 4. The van der Waals surface area contributed by atoms with E-state index in [0.29, 0.717) is 12.1 Å². The van der Waals surface area contributed by atoms with Gasteiger partial charge in [-0.3, -0.25) is 9.59 Å². The van der Waals surface area contributed by atoms with Crippen LogP contribution in [0.2, 0.25) is 0 Å². The van der Waals surface area contributed by atoms with Gasteiger partial charge in [-0.2, -0.15) is 11.8 Å². The Hall–Kier alpha value is -1.60. The molecule has 1 saturated heterocycles. The van der Waals surface area contributed by atoms with Crippen molar-refractivity contribution >= 4 is 29.3 Å². The number of carbonyl (C=O) groups excluding carboxylic acids is 2. The summed E-state index contributed by atoms with van der Waals surface area (Å²) in [7, 11) is 0. The molecule has 1 heterocycles. The Labute approximate surface area is 120 Å². The molecule has 2 rings (SSSR count). The zero-order valence-corrected chi connectivity index (χ0v) is 11.6. The molecule has 1 aliphatic heterocycles. The van der Waals surface area contributed by atoms with E-state index in [4.69, 9.17) is 5.73 Å². The molecule has 0 radical (unpaired) electrons. The van der Waals surface area contributed by atoms with Crippen molar-refractivity contribution in [1.29, 1.82) is 0 Å². The molecule has 2 amide bonds. The molecule has 1 unspecified atom stereocenters. The second kappa shape index (κ2) is 6.71. The summed E-state index contributed by atoms with van der Waals surface area (Å²) in [5.74, 6) is 0.221. The SMILES string of the molecule is NC(=O)c1cc(NC(=O)CC2CSCCN2)ccc1F. The summed E-state index contributed by atoms with van der Waals surface area (Å²) in [5, 5.41) is 5.91. The summed E-state index contributed by atoms with van der Waals surface area (Å²) >= 11 is 1.81. The molecule has 1 aromatic rings. The van der Waals surface area contributed by atoms with Crippen molar-refractivity contribution < 1.29 is 14.0 Å². The first-order chi connectivity index (χ1) is 9.56. The smallest absolute Gasteiger partial charge is 0.251 e. The van der Waals surface area contributed by atoms with Gasteiger partial charge in [0.1, 0.15) is 5.82 Å². The van der Waals surface area contributed by atoms with Crippen LogP contribution in [0.4, 0.5) is 10.1 Å². The Morgan fingerprint density at radius 1 is 1.50 bits per heavy atom. The largest absolute Gasteiger partial charge is 0.366 e. The number of nitrogens with one attached hydrogen (secondary N) is 2. The predicted molar refractivity (Wildman–Crippen MR) is 77.3 cm³/mol. The Balaban J connectivity index is 1.96. The maximum atomic E-state index is 13.3. The van der Waals surface area contributed by atoms with Crippen LogP contribution >= 0.6 is 11.8 Å². The zero-order chi connectivity index (χ0) is 14.5. The molecule has 0 bridgehead atoms. The van der Waals surface area contributed by atoms with E-state index in [9.17, 15) is 14.0 Å². The standard InChI is InChI=1S/C13H16FN3O2S/c14-11-2-1-8(5-10(11)13(15)19)17-12(18)6-9-7-20-4-3-16-9/h1-2,5,9,16H,3-4,6-7H2,(H2,15,19)(H,17,18). The predicted octanol–water partition coefficient (Wildman–Crippen LogP) is 0.958. The normalized spacial score (nSPS) is 18.6. The number of thioether (sulfide) groups is 1. The number of benzene rings is 1. The van der Waals surface area contributed by atoms with Crippen LogP contribution in [0, 0.1) is 5.82 Å². The van der Waals surface area contributed by atoms with Gasteiger partial charge in [-0.15, -0.1) is 0 Å². The first-order valence-electron chi connectivity index (χ1n) is 6.26. The highest BCUT2D eigenvalue weighted by Crippen LogP contribution is 2.16. The van der Waals surface area contributed by atoms with E-state index < -0.39 is 11.7 Å². The summed E-state index contributed by atoms with van der Waals surface area (Å²) in [6.07, 6.45) is 0.344. The van der Waals surface area contributed by atoms with E-state index in [-0.39, 0.29) is 17.5 Å². The lowest BCUT2D eigenvalue weighted by molar-refractivity contribution is -0.116. The first kappa shape index (κ1) is 14.8. The molecule has 1 aliphatic rings. The summed E-state index contributed by atoms with van der Waals surface area (Å²) in [5.41, 5.74) is 5.20. The van der Waals surface area contributed by atoms with Crippen LogP contribution in [0.5, 0.6) is 0 Å². The number of halogens is 1. The molecule has 1 fully saturated rings. The Bertz CT molecular complexity index is 518. The van der Waals surface area contributed by atoms with Gasteiger partial charge in [0.05, 0.1) is 5.56 Å². The van der Waals surface area contributed by atoms with E-state index in [1.165, 1.54) is 12.1 Å². The van der Waals surface area contributed by atoms with Crippen LogP contribution in [-0.2, 0) is 4.79 Å². The van der Waals surface area contributed by atoms with E-state index in [2.05, 4.69) is 10.6 Å². The second-order valence-corrected chi connectivity index (χ2v) is 5.69.